The van der Waals surface area contributed by atoms with Crippen LogP contribution in [0.2, 0.25) is 0 Å². The van der Waals surface area contributed by atoms with Crippen LogP contribution < -0.4 is 5.32 Å². The molecule has 102 valence electrons. The van der Waals surface area contributed by atoms with Crippen molar-refractivity contribution >= 4 is 12.1 Å². The maximum atomic E-state index is 11.9. The maximum absolute atomic E-state index is 11.9. The van der Waals surface area contributed by atoms with Crippen LogP contribution in [0.4, 0.5) is 4.79 Å². The Morgan fingerprint density at radius 1 is 1.33 bits per heavy atom. The van der Waals surface area contributed by atoms with Gasteiger partial charge in [0.25, 0.3) is 0 Å². The fourth-order valence-electron chi connectivity index (χ4n) is 2.58. The van der Waals surface area contributed by atoms with Crippen molar-refractivity contribution in [2.45, 2.75) is 44.9 Å². The van der Waals surface area contributed by atoms with Gasteiger partial charge >= 0.3 is 12.1 Å². The molecule has 3 atom stereocenters. The number of amides is 1. The zero-order valence-corrected chi connectivity index (χ0v) is 11.0. The number of hydrogen-bond donors (Lipinski definition) is 2. The first-order valence-corrected chi connectivity index (χ1v) is 6.23. The van der Waals surface area contributed by atoms with Gasteiger partial charge in [-0.1, -0.05) is 0 Å². The van der Waals surface area contributed by atoms with Gasteiger partial charge in [0.1, 0.15) is 11.6 Å². The molecule has 0 aromatic carbocycles. The van der Waals surface area contributed by atoms with E-state index in [0.717, 1.165) is 0 Å². The van der Waals surface area contributed by atoms with E-state index in [0.29, 0.717) is 19.5 Å². The average Bonchev–Trinajstić information content (AvgIpc) is 2.69. The van der Waals surface area contributed by atoms with Gasteiger partial charge in [-0.25, -0.2) is 4.79 Å². The fraction of sp³-hybridized carbons (Fsp3) is 0.833. The quantitative estimate of drug-likeness (QED) is 0.721. The highest BCUT2D eigenvalue weighted by atomic mass is 16.6. The topological polar surface area (TPSA) is 78.9 Å². The highest BCUT2D eigenvalue weighted by molar-refractivity contribution is 5.74. The first kappa shape index (κ1) is 13.1. The number of hydrogen-bond acceptors (Lipinski definition) is 4. The molecule has 2 heterocycles. The number of carbonyl (C=O) groups is 2. The molecule has 2 rings (SSSR count). The lowest BCUT2D eigenvalue weighted by atomic mass is 10.0. The Morgan fingerprint density at radius 3 is 2.50 bits per heavy atom. The van der Waals surface area contributed by atoms with Crippen LogP contribution in [-0.2, 0) is 9.53 Å². The lowest BCUT2D eigenvalue weighted by Crippen LogP contribution is -2.41. The summed E-state index contributed by atoms with van der Waals surface area (Å²) in [5.41, 5.74) is -0.494. The highest BCUT2D eigenvalue weighted by Crippen LogP contribution is 2.29. The van der Waals surface area contributed by atoms with Crippen LogP contribution in [0.25, 0.3) is 0 Å². The molecule has 0 aliphatic carbocycles. The van der Waals surface area contributed by atoms with E-state index in [1.54, 1.807) is 4.90 Å². The summed E-state index contributed by atoms with van der Waals surface area (Å²) in [6, 6.07) is -0.389. The smallest absolute Gasteiger partial charge is 0.410 e. The largest absolute Gasteiger partial charge is 0.480 e. The SMILES string of the molecule is CC(C)(C)OC(=O)N1C[C@@H]2C[C@@H](C(=O)O)N[C@@H]2C1. The predicted octanol–water partition coefficient (Wildman–Crippen LogP) is 0.668. The van der Waals surface area contributed by atoms with E-state index in [-0.39, 0.29) is 18.1 Å². The van der Waals surface area contributed by atoms with Gasteiger partial charge in [-0.15, -0.1) is 0 Å². The normalized spacial score (nSPS) is 31.3. The van der Waals surface area contributed by atoms with Gasteiger partial charge in [-0.05, 0) is 33.1 Å². The Morgan fingerprint density at radius 2 is 2.00 bits per heavy atom. The minimum atomic E-state index is -0.812. The summed E-state index contributed by atoms with van der Waals surface area (Å²) in [5, 5.41) is 12.0. The Balaban J connectivity index is 1.89. The third-order valence-electron chi connectivity index (χ3n) is 3.34. The Hall–Kier alpha value is -1.30. The van der Waals surface area contributed by atoms with Crippen LogP contribution in [0.3, 0.4) is 0 Å². The molecule has 0 radical (unpaired) electrons. The van der Waals surface area contributed by atoms with Crippen molar-refractivity contribution in [1.82, 2.24) is 10.2 Å². The second-order valence-electron chi connectivity index (χ2n) is 6.05. The van der Waals surface area contributed by atoms with Crippen molar-refractivity contribution in [3.63, 3.8) is 0 Å². The number of nitrogens with zero attached hydrogens (tertiary/aromatic N) is 1. The third-order valence-corrected chi connectivity index (χ3v) is 3.34. The van der Waals surface area contributed by atoms with Gasteiger partial charge in [-0.2, -0.15) is 0 Å². The number of nitrogens with one attached hydrogen (secondary N) is 1. The number of likely N-dealkylation sites (tertiary alicyclic amines) is 1. The number of ether oxygens (including phenoxy) is 1. The minimum Gasteiger partial charge on any atom is -0.480 e. The van der Waals surface area contributed by atoms with Crippen molar-refractivity contribution in [1.29, 1.82) is 0 Å². The first-order chi connectivity index (χ1) is 8.26. The molecular weight excluding hydrogens is 236 g/mol. The molecule has 0 aromatic rings. The summed E-state index contributed by atoms with van der Waals surface area (Å²) in [7, 11) is 0. The van der Waals surface area contributed by atoms with Crippen molar-refractivity contribution in [3.8, 4) is 0 Å². The molecular formula is C12H20N2O4. The molecule has 0 aromatic heterocycles. The minimum absolute atomic E-state index is 0.0821. The summed E-state index contributed by atoms with van der Waals surface area (Å²) in [5.74, 6) is -0.591. The number of carboxylic acid groups (broad SMARTS) is 1. The summed E-state index contributed by atoms with van der Waals surface area (Å²) < 4.78 is 5.30. The lowest BCUT2D eigenvalue weighted by Gasteiger charge is -2.25. The molecule has 0 saturated carbocycles. The molecule has 0 spiro atoms. The van der Waals surface area contributed by atoms with Crippen LogP contribution in [0.5, 0.6) is 0 Å². The number of carboxylic acids is 1. The molecule has 2 fully saturated rings. The van der Waals surface area contributed by atoms with Crippen molar-refractivity contribution in [2.75, 3.05) is 13.1 Å². The third kappa shape index (κ3) is 2.75. The van der Waals surface area contributed by atoms with E-state index in [1.165, 1.54) is 0 Å². The monoisotopic (exact) mass is 256 g/mol. The van der Waals surface area contributed by atoms with Crippen molar-refractivity contribution < 1.29 is 19.4 Å². The highest BCUT2D eigenvalue weighted by Gasteiger charge is 2.45. The van der Waals surface area contributed by atoms with E-state index >= 15 is 0 Å². The van der Waals surface area contributed by atoms with E-state index in [2.05, 4.69) is 5.32 Å². The second kappa shape index (κ2) is 4.42. The summed E-state index contributed by atoms with van der Waals surface area (Å²) >= 11 is 0. The average molecular weight is 256 g/mol. The summed E-state index contributed by atoms with van der Waals surface area (Å²) in [4.78, 5) is 24.4. The summed E-state index contributed by atoms with van der Waals surface area (Å²) in [6.45, 7) is 6.61. The van der Waals surface area contributed by atoms with Gasteiger partial charge < -0.3 is 14.7 Å². The van der Waals surface area contributed by atoms with E-state index in [9.17, 15) is 9.59 Å². The van der Waals surface area contributed by atoms with Gasteiger partial charge in [0.2, 0.25) is 0 Å². The van der Waals surface area contributed by atoms with Gasteiger partial charge in [0.05, 0.1) is 0 Å². The molecule has 2 N–H and O–H groups in total. The molecule has 2 aliphatic rings. The Bertz CT molecular complexity index is 350. The molecule has 6 heteroatoms. The Kier molecular flexibility index (Phi) is 3.23. The number of carbonyl (C=O) groups excluding carboxylic acids is 1. The number of rotatable bonds is 1. The zero-order chi connectivity index (χ0) is 13.5. The molecule has 0 unspecified atom stereocenters. The molecule has 0 bridgehead atoms. The second-order valence-corrected chi connectivity index (χ2v) is 6.05. The van der Waals surface area contributed by atoms with E-state index in [4.69, 9.17) is 9.84 Å². The van der Waals surface area contributed by atoms with Crippen LogP contribution in [0, 0.1) is 5.92 Å². The number of fused-ring (bicyclic) bond motifs is 1. The standard InChI is InChI=1S/C12H20N2O4/c1-12(2,3)18-11(17)14-5-7-4-8(10(15)16)13-9(7)6-14/h7-9,13H,4-6H2,1-3H3,(H,15,16)/t7-,8-,9+/m0/s1. The summed E-state index contributed by atoms with van der Waals surface area (Å²) in [6.07, 6.45) is 0.268. The number of aliphatic carboxylic acids is 1. The van der Waals surface area contributed by atoms with Gasteiger partial charge in [-0.3, -0.25) is 10.1 Å². The molecule has 6 nitrogen and oxygen atoms in total. The Labute approximate surface area is 106 Å². The predicted molar refractivity (Wildman–Crippen MR) is 64.3 cm³/mol. The first-order valence-electron chi connectivity index (χ1n) is 6.23. The van der Waals surface area contributed by atoms with Crippen LogP contribution in [0.15, 0.2) is 0 Å². The van der Waals surface area contributed by atoms with Gasteiger partial charge in [0.15, 0.2) is 0 Å². The van der Waals surface area contributed by atoms with E-state index < -0.39 is 17.6 Å². The van der Waals surface area contributed by atoms with Crippen molar-refractivity contribution in [3.05, 3.63) is 0 Å². The van der Waals surface area contributed by atoms with Gasteiger partial charge in [0, 0.05) is 19.1 Å². The zero-order valence-electron chi connectivity index (χ0n) is 11.0. The van der Waals surface area contributed by atoms with Crippen molar-refractivity contribution in [2.24, 2.45) is 5.92 Å². The van der Waals surface area contributed by atoms with Crippen LogP contribution in [-0.4, -0.2) is 52.8 Å². The van der Waals surface area contributed by atoms with Crippen LogP contribution in [0.1, 0.15) is 27.2 Å². The molecule has 2 saturated heterocycles. The lowest BCUT2D eigenvalue weighted by molar-refractivity contribution is -0.139. The molecule has 18 heavy (non-hydrogen) atoms. The molecule has 2 aliphatic heterocycles. The van der Waals surface area contributed by atoms with E-state index in [1.807, 2.05) is 20.8 Å². The molecule has 1 amide bonds. The maximum Gasteiger partial charge on any atom is 0.410 e. The fourth-order valence-corrected chi connectivity index (χ4v) is 2.58. The van der Waals surface area contributed by atoms with Crippen LogP contribution >= 0.6 is 0 Å².